The largest absolute Gasteiger partial charge is 0.398 e. The Morgan fingerprint density at radius 3 is 2.78 bits per heavy atom. The molecule has 1 saturated heterocycles. The number of nitrogens with two attached hydrogens (primary N) is 1. The van der Waals surface area contributed by atoms with Gasteiger partial charge >= 0.3 is 0 Å². The summed E-state index contributed by atoms with van der Waals surface area (Å²) in [7, 11) is 0. The standard InChI is InChI=1S/C13H19BrN2O2/c1-9-6-12(10(14)7-11(9)15)16-8-13(17)2-4-18-5-3-13/h6-7,16-17H,2-5,8,15H2,1H3. The van der Waals surface area contributed by atoms with Crippen molar-refractivity contribution in [3.63, 3.8) is 0 Å². The number of ether oxygens (including phenoxy) is 1. The van der Waals surface area contributed by atoms with Crippen LogP contribution in [0.1, 0.15) is 18.4 Å². The lowest BCUT2D eigenvalue weighted by atomic mass is 9.94. The lowest BCUT2D eigenvalue weighted by molar-refractivity contribution is -0.0543. The number of halogens is 1. The van der Waals surface area contributed by atoms with E-state index in [1.165, 1.54) is 0 Å². The van der Waals surface area contributed by atoms with E-state index in [9.17, 15) is 5.11 Å². The molecular formula is C13H19BrN2O2. The molecule has 0 aliphatic carbocycles. The SMILES string of the molecule is Cc1cc(NCC2(O)CCOCC2)c(Br)cc1N. The van der Waals surface area contributed by atoms with E-state index < -0.39 is 5.60 Å². The molecule has 1 aromatic carbocycles. The summed E-state index contributed by atoms with van der Waals surface area (Å²) < 4.78 is 6.18. The maximum Gasteiger partial charge on any atom is 0.0863 e. The number of anilines is 2. The third-order valence-corrected chi connectivity index (χ3v) is 4.04. The molecule has 1 aliphatic rings. The molecule has 1 aliphatic heterocycles. The third-order valence-electron chi connectivity index (χ3n) is 3.39. The molecule has 18 heavy (non-hydrogen) atoms. The minimum atomic E-state index is -0.674. The molecule has 0 aromatic heterocycles. The fourth-order valence-electron chi connectivity index (χ4n) is 2.02. The first-order valence-corrected chi connectivity index (χ1v) is 6.89. The normalized spacial score (nSPS) is 18.6. The molecule has 0 bridgehead atoms. The molecule has 0 unspecified atom stereocenters. The molecular weight excluding hydrogens is 296 g/mol. The van der Waals surface area contributed by atoms with E-state index in [0.29, 0.717) is 32.6 Å². The number of rotatable bonds is 3. The van der Waals surface area contributed by atoms with Gasteiger partial charge in [-0.2, -0.15) is 0 Å². The highest BCUT2D eigenvalue weighted by atomic mass is 79.9. The maximum absolute atomic E-state index is 10.4. The van der Waals surface area contributed by atoms with Crippen molar-refractivity contribution in [2.24, 2.45) is 0 Å². The van der Waals surface area contributed by atoms with E-state index in [4.69, 9.17) is 10.5 Å². The number of benzene rings is 1. The van der Waals surface area contributed by atoms with Crippen molar-refractivity contribution in [3.05, 3.63) is 22.2 Å². The zero-order chi connectivity index (χ0) is 13.2. The zero-order valence-corrected chi connectivity index (χ0v) is 12.1. The molecule has 0 saturated carbocycles. The summed E-state index contributed by atoms with van der Waals surface area (Å²) >= 11 is 3.48. The van der Waals surface area contributed by atoms with Crippen molar-refractivity contribution in [2.75, 3.05) is 30.8 Å². The summed E-state index contributed by atoms with van der Waals surface area (Å²) in [6.45, 7) is 3.74. The summed E-state index contributed by atoms with van der Waals surface area (Å²) in [5, 5.41) is 13.6. The van der Waals surface area contributed by atoms with Crippen LogP contribution >= 0.6 is 15.9 Å². The summed E-state index contributed by atoms with van der Waals surface area (Å²) in [6.07, 6.45) is 1.34. The van der Waals surface area contributed by atoms with Crippen LogP contribution in [0.25, 0.3) is 0 Å². The van der Waals surface area contributed by atoms with Gasteiger partial charge in [0.1, 0.15) is 0 Å². The molecule has 1 heterocycles. The highest BCUT2D eigenvalue weighted by Gasteiger charge is 2.29. The van der Waals surface area contributed by atoms with Gasteiger partial charge in [-0.05, 0) is 40.5 Å². The fraction of sp³-hybridized carbons (Fsp3) is 0.538. The molecule has 0 spiro atoms. The second kappa shape index (κ2) is 5.47. The topological polar surface area (TPSA) is 67.5 Å². The highest BCUT2D eigenvalue weighted by molar-refractivity contribution is 9.10. The fourth-order valence-corrected chi connectivity index (χ4v) is 2.52. The van der Waals surface area contributed by atoms with Gasteiger partial charge in [-0.3, -0.25) is 0 Å². The lowest BCUT2D eigenvalue weighted by Gasteiger charge is -2.32. The van der Waals surface area contributed by atoms with E-state index in [-0.39, 0.29) is 0 Å². The summed E-state index contributed by atoms with van der Waals surface area (Å²) in [5.41, 5.74) is 7.91. The third kappa shape index (κ3) is 3.16. The molecule has 4 N–H and O–H groups in total. The highest BCUT2D eigenvalue weighted by Crippen LogP contribution is 2.29. The van der Waals surface area contributed by atoms with Crippen LogP contribution in [0.3, 0.4) is 0 Å². The van der Waals surface area contributed by atoms with E-state index in [1.807, 2.05) is 19.1 Å². The van der Waals surface area contributed by atoms with Crippen molar-refractivity contribution in [2.45, 2.75) is 25.4 Å². The molecule has 0 radical (unpaired) electrons. The Balaban J connectivity index is 2.03. The predicted molar refractivity (Wildman–Crippen MR) is 76.8 cm³/mol. The van der Waals surface area contributed by atoms with Gasteiger partial charge in [0.05, 0.1) is 5.60 Å². The second-order valence-corrected chi connectivity index (χ2v) is 5.73. The molecule has 1 aromatic rings. The van der Waals surface area contributed by atoms with Gasteiger partial charge in [0.15, 0.2) is 0 Å². The zero-order valence-electron chi connectivity index (χ0n) is 10.5. The first-order chi connectivity index (χ1) is 8.50. The minimum absolute atomic E-state index is 0.526. The Bertz CT molecular complexity index is 431. The smallest absolute Gasteiger partial charge is 0.0863 e. The van der Waals surface area contributed by atoms with Crippen molar-refractivity contribution in [3.8, 4) is 0 Å². The number of nitrogens with one attached hydrogen (secondary N) is 1. The molecule has 1 fully saturated rings. The van der Waals surface area contributed by atoms with Crippen molar-refractivity contribution < 1.29 is 9.84 Å². The van der Waals surface area contributed by atoms with Gasteiger partial charge in [-0.25, -0.2) is 0 Å². The van der Waals surface area contributed by atoms with E-state index >= 15 is 0 Å². The van der Waals surface area contributed by atoms with Crippen LogP contribution in [0.15, 0.2) is 16.6 Å². The van der Waals surface area contributed by atoms with Crippen LogP contribution in [0.5, 0.6) is 0 Å². The predicted octanol–water partition coefficient (Wildman–Crippen LogP) is 2.29. The number of aryl methyl sites for hydroxylation is 1. The van der Waals surface area contributed by atoms with E-state index in [1.54, 1.807) is 0 Å². The maximum atomic E-state index is 10.4. The van der Waals surface area contributed by atoms with Crippen LogP contribution in [0.2, 0.25) is 0 Å². The molecule has 5 heteroatoms. The van der Waals surface area contributed by atoms with Crippen molar-refractivity contribution in [1.29, 1.82) is 0 Å². The van der Waals surface area contributed by atoms with Crippen LogP contribution in [0, 0.1) is 6.92 Å². The van der Waals surface area contributed by atoms with E-state index in [2.05, 4.69) is 21.2 Å². The monoisotopic (exact) mass is 314 g/mol. The number of aliphatic hydroxyl groups is 1. The first-order valence-electron chi connectivity index (χ1n) is 6.10. The van der Waals surface area contributed by atoms with Crippen molar-refractivity contribution in [1.82, 2.24) is 0 Å². The summed E-state index contributed by atoms with van der Waals surface area (Å²) in [5.74, 6) is 0. The van der Waals surface area contributed by atoms with Gasteiger partial charge < -0.3 is 20.9 Å². The first kappa shape index (κ1) is 13.6. The number of hydrogen-bond acceptors (Lipinski definition) is 4. The van der Waals surface area contributed by atoms with Crippen LogP contribution in [-0.2, 0) is 4.74 Å². The molecule has 2 rings (SSSR count). The second-order valence-electron chi connectivity index (χ2n) is 4.88. The van der Waals surface area contributed by atoms with Gasteiger partial charge in [-0.15, -0.1) is 0 Å². The van der Waals surface area contributed by atoms with Crippen LogP contribution in [0.4, 0.5) is 11.4 Å². The van der Waals surface area contributed by atoms with Crippen molar-refractivity contribution >= 4 is 27.3 Å². The Kier molecular flexibility index (Phi) is 4.14. The number of nitrogen functional groups attached to an aromatic ring is 1. The van der Waals surface area contributed by atoms with E-state index in [0.717, 1.165) is 21.4 Å². The quantitative estimate of drug-likeness (QED) is 0.749. The lowest BCUT2D eigenvalue weighted by Crippen LogP contribution is -2.42. The van der Waals surface area contributed by atoms with Gasteiger partial charge in [-0.1, -0.05) is 0 Å². The Labute approximate surface area is 116 Å². The Hall–Kier alpha value is -0.780. The van der Waals surface area contributed by atoms with Gasteiger partial charge in [0.25, 0.3) is 0 Å². The minimum Gasteiger partial charge on any atom is -0.398 e. The average Bonchev–Trinajstić information content (AvgIpc) is 2.33. The summed E-state index contributed by atoms with van der Waals surface area (Å²) in [6, 6.07) is 3.87. The van der Waals surface area contributed by atoms with Gasteiger partial charge in [0.2, 0.25) is 0 Å². The average molecular weight is 315 g/mol. The molecule has 0 atom stereocenters. The van der Waals surface area contributed by atoms with Gasteiger partial charge in [0, 0.05) is 48.4 Å². The van der Waals surface area contributed by atoms with Crippen LogP contribution < -0.4 is 11.1 Å². The Morgan fingerprint density at radius 2 is 2.11 bits per heavy atom. The molecule has 4 nitrogen and oxygen atoms in total. The Morgan fingerprint density at radius 1 is 1.44 bits per heavy atom. The summed E-state index contributed by atoms with van der Waals surface area (Å²) in [4.78, 5) is 0. The molecule has 100 valence electrons. The van der Waals surface area contributed by atoms with Crippen LogP contribution in [-0.4, -0.2) is 30.5 Å². The molecule has 0 amide bonds. The number of hydrogen-bond donors (Lipinski definition) is 3.